The second-order valence-corrected chi connectivity index (χ2v) is 5.24. The molecule has 0 aromatic rings. The van der Waals surface area contributed by atoms with Crippen LogP contribution in [0.1, 0.15) is 19.8 Å². The zero-order chi connectivity index (χ0) is 12.8. The van der Waals surface area contributed by atoms with Crippen molar-refractivity contribution in [1.82, 2.24) is 9.03 Å². The summed E-state index contributed by atoms with van der Waals surface area (Å²) in [7, 11) is -2.42. The number of aliphatic hydroxyl groups excluding tert-OH is 1. The lowest BCUT2D eigenvalue weighted by molar-refractivity contribution is -0.137. The number of nitrogens with zero attached hydrogens (tertiary/aromatic N) is 1. The van der Waals surface area contributed by atoms with Gasteiger partial charge in [0.05, 0.1) is 12.5 Å². The number of aliphatic hydroxyl groups is 1. The molecule has 0 bridgehead atoms. The Morgan fingerprint density at radius 2 is 2.06 bits per heavy atom. The minimum absolute atomic E-state index is 0.0732. The van der Waals surface area contributed by atoms with E-state index in [0.29, 0.717) is 6.42 Å². The quantitative estimate of drug-likeness (QED) is 0.515. The van der Waals surface area contributed by atoms with Crippen LogP contribution in [0.25, 0.3) is 0 Å². The van der Waals surface area contributed by atoms with E-state index in [1.54, 1.807) is 6.92 Å². The molecular formula is C8H18N2O5S. The largest absolute Gasteiger partial charge is 0.481 e. The van der Waals surface area contributed by atoms with Gasteiger partial charge in [0.25, 0.3) is 10.2 Å². The van der Waals surface area contributed by atoms with Crippen molar-refractivity contribution in [2.45, 2.75) is 25.9 Å². The molecule has 0 aliphatic carbocycles. The molecule has 0 heterocycles. The molecule has 0 radical (unpaired) electrons. The first-order chi connectivity index (χ1) is 7.29. The molecule has 0 aromatic heterocycles. The highest BCUT2D eigenvalue weighted by molar-refractivity contribution is 7.87. The summed E-state index contributed by atoms with van der Waals surface area (Å²) >= 11 is 0. The van der Waals surface area contributed by atoms with Crippen LogP contribution in [-0.4, -0.2) is 55.1 Å². The van der Waals surface area contributed by atoms with Gasteiger partial charge in [-0.05, 0) is 6.42 Å². The number of rotatable bonds is 8. The van der Waals surface area contributed by atoms with Crippen molar-refractivity contribution >= 4 is 16.2 Å². The first-order valence-electron chi connectivity index (χ1n) is 4.90. The van der Waals surface area contributed by atoms with Gasteiger partial charge in [-0.15, -0.1) is 0 Å². The van der Waals surface area contributed by atoms with Crippen LogP contribution in [0.5, 0.6) is 0 Å². The fourth-order valence-electron chi connectivity index (χ4n) is 0.829. The number of nitrogens with one attached hydrogen (secondary N) is 1. The van der Waals surface area contributed by atoms with Gasteiger partial charge >= 0.3 is 5.97 Å². The summed E-state index contributed by atoms with van der Waals surface area (Å²) in [6.45, 7) is 1.55. The Kier molecular flexibility index (Phi) is 6.49. The Bertz CT molecular complexity index is 316. The highest BCUT2D eigenvalue weighted by Gasteiger charge is 2.18. The molecule has 0 saturated carbocycles. The van der Waals surface area contributed by atoms with Crippen molar-refractivity contribution in [2.75, 3.05) is 20.1 Å². The molecule has 0 spiro atoms. The van der Waals surface area contributed by atoms with E-state index in [9.17, 15) is 18.3 Å². The molecule has 1 unspecified atom stereocenters. The third-order valence-corrected chi connectivity index (χ3v) is 3.56. The fraction of sp³-hybridized carbons (Fsp3) is 0.875. The van der Waals surface area contributed by atoms with Crippen molar-refractivity contribution in [1.29, 1.82) is 0 Å². The molecule has 0 aromatic carbocycles. The maximum absolute atomic E-state index is 11.5. The van der Waals surface area contributed by atoms with Crippen LogP contribution in [0.15, 0.2) is 0 Å². The number of aliphatic carboxylic acids is 1. The van der Waals surface area contributed by atoms with E-state index in [4.69, 9.17) is 5.11 Å². The van der Waals surface area contributed by atoms with Crippen molar-refractivity contribution in [3.8, 4) is 0 Å². The number of hydrogen-bond donors (Lipinski definition) is 3. The highest BCUT2D eigenvalue weighted by atomic mass is 32.2. The van der Waals surface area contributed by atoms with Crippen LogP contribution in [0.2, 0.25) is 0 Å². The zero-order valence-corrected chi connectivity index (χ0v) is 10.2. The van der Waals surface area contributed by atoms with E-state index in [2.05, 4.69) is 4.72 Å². The lowest BCUT2D eigenvalue weighted by atomic mass is 10.3. The number of carboxylic acid groups (broad SMARTS) is 1. The maximum atomic E-state index is 11.5. The zero-order valence-electron chi connectivity index (χ0n) is 9.38. The molecule has 3 N–H and O–H groups in total. The van der Waals surface area contributed by atoms with Gasteiger partial charge in [-0.2, -0.15) is 17.4 Å². The minimum atomic E-state index is -3.70. The number of carboxylic acids is 1. The van der Waals surface area contributed by atoms with E-state index < -0.39 is 22.3 Å². The Labute approximate surface area is 95.2 Å². The molecule has 0 aliphatic heterocycles. The van der Waals surface area contributed by atoms with E-state index >= 15 is 0 Å². The van der Waals surface area contributed by atoms with Crippen LogP contribution >= 0.6 is 0 Å². The SMILES string of the molecule is CCC(O)CNS(=O)(=O)N(C)CCC(=O)O. The Hall–Kier alpha value is -0.700. The summed E-state index contributed by atoms with van der Waals surface area (Å²) in [5.41, 5.74) is 0. The average Bonchev–Trinajstić information content (AvgIpc) is 2.22. The van der Waals surface area contributed by atoms with E-state index in [-0.39, 0.29) is 19.5 Å². The second-order valence-electron chi connectivity index (χ2n) is 3.38. The third-order valence-electron chi connectivity index (χ3n) is 2.02. The van der Waals surface area contributed by atoms with Crippen LogP contribution in [0.3, 0.4) is 0 Å². The van der Waals surface area contributed by atoms with Gasteiger partial charge in [0.1, 0.15) is 0 Å². The highest BCUT2D eigenvalue weighted by Crippen LogP contribution is 1.97. The van der Waals surface area contributed by atoms with Gasteiger partial charge in [0.15, 0.2) is 0 Å². The van der Waals surface area contributed by atoms with Gasteiger partial charge < -0.3 is 10.2 Å². The molecule has 0 amide bonds. The van der Waals surface area contributed by atoms with Crippen LogP contribution in [-0.2, 0) is 15.0 Å². The van der Waals surface area contributed by atoms with Crippen molar-refractivity contribution in [3.05, 3.63) is 0 Å². The molecule has 96 valence electrons. The van der Waals surface area contributed by atoms with Crippen LogP contribution < -0.4 is 4.72 Å². The molecule has 1 atom stereocenters. The van der Waals surface area contributed by atoms with Crippen LogP contribution in [0.4, 0.5) is 0 Å². The summed E-state index contributed by atoms with van der Waals surface area (Å²) in [4.78, 5) is 10.3. The molecule has 0 aliphatic rings. The standard InChI is InChI=1S/C8H18N2O5S/c1-3-7(11)6-9-16(14,15)10(2)5-4-8(12)13/h7,9,11H,3-6H2,1-2H3,(H,12,13). The molecule has 0 fully saturated rings. The molecular weight excluding hydrogens is 236 g/mol. The van der Waals surface area contributed by atoms with Gasteiger partial charge in [0.2, 0.25) is 0 Å². The first-order valence-corrected chi connectivity index (χ1v) is 6.34. The van der Waals surface area contributed by atoms with Gasteiger partial charge in [0, 0.05) is 20.1 Å². The van der Waals surface area contributed by atoms with Gasteiger partial charge in [-0.25, -0.2) is 0 Å². The van der Waals surface area contributed by atoms with Crippen molar-refractivity contribution in [3.63, 3.8) is 0 Å². The van der Waals surface area contributed by atoms with Crippen molar-refractivity contribution in [2.24, 2.45) is 0 Å². The van der Waals surface area contributed by atoms with Crippen molar-refractivity contribution < 1.29 is 23.4 Å². The molecule has 16 heavy (non-hydrogen) atoms. The average molecular weight is 254 g/mol. The Morgan fingerprint density at radius 1 is 1.50 bits per heavy atom. The van der Waals surface area contributed by atoms with Gasteiger partial charge in [-0.1, -0.05) is 6.92 Å². The normalized spacial score (nSPS) is 14.0. The summed E-state index contributed by atoms with van der Waals surface area (Å²) in [5, 5.41) is 17.6. The second kappa shape index (κ2) is 6.79. The molecule has 8 heteroatoms. The summed E-state index contributed by atoms with van der Waals surface area (Å²) < 4.78 is 26.0. The lowest BCUT2D eigenvalue weighted by Crippen LogP contribution is -2.42. The molecule has 7 nitrogen and oxygen atoms in total. The van der Waals surface area contributed by atoms with E-state index in [0.717, 1.165) is 4.31 Å². The summed E-state index contributed by atoms with van der Waals surface area (Å²) in [5.74, 6) is -1.06. The number of carbonyl (C=O) groups is 1. The predicted octanol–water partition coefficient (Wildman–Crippen LogP) is -1.00. The summed E-state index contributed by atoms with van der Waals surface area (Å²) in [6, 6.07) is 0. The number of hydrogen-bond acceptors (Lipinski definition) is 4. The topological polar surface area (TPSA) is 107 Å². The maximum Gasteiger partial charge on any atom is 0.304 e. The monoisotopic (exact) mass is 254 g/mol. The minimum Gasteiger partial charge on any atom is -0.481 e. The summed E-state index contributed by atoms with van der Waals surface area (Å²) in [6.07, 6.45) is -0.544. The van der Waals surface area contributed by atoms with E-state index in [1.807, 2.05) is 0 Å². The third kappa shape index (κ3) is 6.01. The molecule has 0 saturated heterocycles. The van der Waals surface area contributed by atoms with Gasteiger partial charge in [-0.3, -0.25) is 4.79 Å². The lowest BCUT2D eigenvalue weighted by Gasteiger charge is -2.17. The van der Waals surface area contributed by atoms with Crippen LogP contribution in [0, 0.1) is 0 Å². The predicted molar refractivity (Wildman–Crippen MR) is 58.1 cm³/mol. The fourth-order valence-corrected chi connectivity index (χ4v) is 1.78. The van der Waals surface area contributed by atoms with E-state index in [1.165, 1.54) is 7.05 Å². The Balaban J connectivity index is 4.16. The molecule has 0 rings (SSSR count). The Morgan fingerprint density at radius 3 is 2.50 bits per heavy atom. The first kappa shape index (κ1) is 15.3. The smallest absolute Gasteiger partial charge is 0.304 e.